The average Bonchev–Trinajstić information content (AvgIpc) is 3.30. The smallest absolute Gasteiger partial charge is 0.158 e. The minimum absolute atomic E-state index is 0.128. The fourth-order valence-corrected chi connectivity index (χ4v) is 3.40. The van der Waals surface area contributed by atoms with Gasteiger partial charge in [0, 0.05) is 35.2 Å². The molecule has 0 amide bonds. The molecule has 1 aromatic heterocycles. The van der Waals surface area contributed by atoms with Crippen molar-refractivity contribution in [2.24, 2.45) is 0 Å². The largest absolute Gasteiger partial charge is 0.495 e. The van der Waals surface area contributed by atoms with Crippen LogP contribution < -0.4 is 9.64 Å². The van der Waals surface area contributed by atoms with Gasteiger partial charge in [-0.15, -0.1) is 0 Å². The number of methoxy groups -OCH3 is 1. The van der Waals surface area contributed by atoms with Crippen molar-refractivity contribution in [3.05, 3.63) is 77.6 Å². The summed E-state index contributed by atoms with van der Waals surface area (Å²) >= 11 is 6.11. The van der Waals surface area contributed by atoms with Crippen LogP contribution in [0.25, 0.3) is 5.69 Å². The molecule has 25 heavy (non-hydrogen) atoms. The average molecular weight is 355 g/mol. The third-order valence-electron chi connectivity index (χ3n) is 4.39. The first-order chi connectivity index (χ1) is 12.3. The SMILES string of the molecule is COc1ccccc1N1CCOC1c1ccn(-c2cccc(Cl)c2)c1. The van der Waals surface area contributed by atoms with Crippen LogP contribution in [0.3, 0.4) is 0 Å². The van der Waals surface area contributed by atoms with E-state index in [9.17, 15) is 0 Å². The van der Waals surface area contributed by atoms with E-state index in [2.05, 4.69) is 27.8 Å². The van der Waals surface area contributed by atoms with Crippen molar-refractivity contribution in [2.75, 3.05) is 25.2 Å². The van der Waals surface area contributed by atoms with E-state index in [-0.39, 0.29) is 6.23 Å². The van der Waals surface area contributed by atoms with Crippen LogP contribution in [0.2, 0.25) is 5.02 Å². The molecule has 0 radical (unpaired) electrons. The van der Waals surface area contributed by atoms with Crippen LogP contribution in [0, 0.1) is 0 Å². The van der Waals surface area contributed by atoms with Gasteiger partial charge in [0.15, 0.2) is 6.23 Å². The number of rotatable bonds is 4. The highest BCUT2D eigenvalue weighted by Crippen LogP contribution is 2.37. The molecule has 4 nitrogen and oxygen atoms in total. The Morgan fingerprint density at radius 1 is 1.12 bits per heavy atom. The Bertz CT molecular complexity index is 877. The van der Waals surface area contributed by atoms with E-state index < -0.39 is 0 Å². The van der Waals surface area contributed by atoms with E-state index in [1.165, 1.54) is 0 Å². The number of aromatic nitrogens is 1. The maximum atomic E-state index is 6.11. The van der Waals surface area contributed by atoms with E-state index in [1.807, 2.05) is 48.7 Å². The van der Waals surface area contributed by atoms with Crippen LogP contribution in [-0.4, -0.2) is 24.8 Å². The molecular formula is C20H19ClN2O2. The second kappa shape index (κ2) is 6.82. The third kappa shape index (κ3) is 3.11. The summed E-state index contributed by atoms with van der Waals surface area (Å²) in [6, 6.07) is 17.9. The van der Waals surface area contributed by atoms with Crippen molar-refractivity contribution in [1.82, 2.24) is 4.57 Å². The maximum absolute atomic E-state index is 6.11. The summed E-state index contributed by atoms with van der Waals surface area (Å²) < 4.78 is 13.6. The first-order valence-corrected chi connectivity index (χ1v) is 8.59. The summed E-state index contributed by atoms with van der Waals surface area (Å²) in [4.78, 5) is 2.23. The molecular weight excluding hydrogens is 336 g/mol. The van der Waals surface area contributed by atoms with E-state index in [0.717, 1.165) is 34.3 Å². The lowest BCUT2D eigenvalue weighted by atomic mass is 10.2. The van der Waals surface area contributed by atoms with Crippen LogP contribution in [0.15, 0.2) is 67.0 Å². The van der Waals surface area contributed by atoms with Gasteiger partial charge >= 0.3 is 0 Å². The molecule has 2 heterocycles. The Morgan fingerprint density at radius 3 is 2.84 bits per heavy atom. The number of hydrogen-bond donors (Lipinski definition) is 0. The van der Waals surface area contributed by atoms with Crippen molar-refractivity contribution >= 4 is 17.3 Å². The van der Waals surface area contributed by atoms with Crippen LogP contribution in [-0.2, 0) is 4.74 Å². The number of anilines is 1. The predicted octanol–water partition coefficient (Wildman–Crippen LogP) is 4.67. The molecule has 0 N–H and O–H groups in total. The molecule has 1 aliphatic heterocycles. The van der Waals surface area contributed by atoms with Crippen LogP contribution in [0.4, 0.5) is 5.69 Å². The summed E-state index contributed by atoms with van der Waals surface area (Å²) in [5.41, 5.74) is 3.17. The van der Waals surface area contributed by atoms with E-state index in [1.54, 1.807) is 7.11 Å². The highest BCUT2D eigenvalue weighted by molar-refractivity contribution is 6.30. The first-order valence-electron chi connectivity index (χ1n) is 8.21. The lowest BCUT2D eigenvalue weighted by molar-refractivity contribution is 0.113. The third-order valence-corrected chi connectivity index (χ3v) is 4.63. The summed E-state index contributed by atoms with van der Waals surface area (Å²) in [6.07, 6.45) is 3.99. The molecule has 5 heteroatoms. The molecule has 0 saturated carbocycles. The topological polar surface area (TPSA) is 26.6 Å². The van der Waals surface area contributed by atoms with Gasteiger partial charge in [-0.3, -0.25) is 0 Å². The summed E-state index contributed by atoms with van der Waals surface area (Å²) in [5, 5.41) is 0.723. The maximum Gasteiger partial charge on any atom is 0.158 e. The van der Waals surface area contributed by atoms with Gasteiger partial charge in [0.2, 0.25) is 0 Å². The Hall–Kier alpha value is -2.43. The van der Waals surface area contributed by atoms with Gasteiger partial charge in [-0.05, 0) is 36.4 Å². The number of nitrogens with zero attached hydrogens (tertiary/aromatic N) is 2. The van der Waals surface area contributed by atoms with Gasteiger partial charge in [0.1, 0.15) is 5.75 Å². The number of para-hydroxylation sites is 2. The zero-order valence-corrected chi connectivity index (χ0v) is 14.7. The van der Waals surface area contributed by atoms with Gasteiger partial charge in [0.05, 0.1) is 19.4 Å². The molecule has 1 aliphatic rings. The molecule has 3 aromatic rings. The molecule has 0 bridgehead atoms. The Balaban J connectivity index is 1.65. The van der Waals surface area contributed by atoms with E-state index in [0.29, 0.717) is 6.61 Å². The van der Waals surface area contributed by atoms with Crippen molar-refractivity contribution in [3.63, 3.8) is 0 Å². The zero-order chi connectivity index (χ0) is 17.2. The molecule has 2 aromatic carbocycles. The molecule has 1 fully saturated rings. The molecule has 0 spiro atoms. The van der Waals surface area contributed by atoms with Gasteiger partial charge in [-0.1, -0.05) is 29.8 Å². The second-order valence-corrected chi connectivity index (χ2v) is 6.36. The van der Waals surface area contributed by atoms with E-state index in [4.69, 9.17) is 21.1 Å². The van der Waals surface area contributed by atoms with Crippen LogP contribution in [0.1, 0.15) is 11.8 Å². The Morgan fingerprint density at radius 2 is 2.00 bits per heavy atom. The number of ether oxygens (including phenoxy) is 2. The fourth-order valence-electron chi connectivity index (χ4n) is 3.22. The standard InChI is InChI=1S/C20H19ClN2O2/c1-24-19-8-3-2-7-18(19)23-11-12-25-20(23)15-9-10-22(14-15)17-6-4-5-16(21)13-17/h2-10,13-14,20H,11-12H2,1H3. The number of hydrogen-bond acceptors (Lipinski definition) is 3. The molecule has 0 aliphatic carbocycles. The van der Waals surface area contributed by atoms with E-state index >= 15 is 0 Å². The van der Waals surface area contributed by atoms with Crippen LogP contribution >= 0.6 is 11.6 Å². The number of halogens is 1. The van der Waals surface area contributed by atoms with Crippen molar-refractivity contribution in [3.8, 4) is 11.4 Å². The molecule has 1 unspecified atom stereocenters. The quantitative estimate of drug-likeness (QED) is 0.681. The molecule has 1 atom stereocenters. The molecule has 4 rings (SSSR count). The van der Waals surface area contributed by atoms with Crippen molar-refractivity contribution < 1.29 is 9.47 Å². The van der Waals surface area contributed by atoms with Crippen LogP contribution in [0.5, 0.6) is 5.75 Å². The normalized spacial score (nSPS) is 17.0. The minimum Gasteiger partial charge on any atom is -0.495 e. The predicted molar refractivity (Wildman–Crippen MR) is 99.8 cm³/mol. The summed E-state index contributed by atoms with van der Waals surface area (Å²) in [6.45, 7) is 1.51. The summed E-state index contributed by atoms with van der Waals surface area (Å²) in [7, 11) is 1.69. The fraction of sp³-hybridized carbons (Fsp3) is 0.200. The monoisotopic (exact) mass is 354 g/mol. The Labute approximate surface area is 152 Å². The van der Waals surface area contributed by atoms with Gasteiger partial charge in [-0.25, -0.2) is 0 Å². The number of benzene rings is 2. The van der Waals surface area contributed by atoms with Crippen molar-refractivity contribution in [1.29, 1.82) is 0 Å². The molecule has 1 saturated heterocycles. The summed E-state index contributed by atoms with van der Waals surface area (Å²) in [5.74, 6) is 0.854. The minimum atomic E-state index is -0.128. The highest BCUT2D eigenvalue weighted by Gasteiger charge is 2.29. The lowest BCUT2D eigenvalue weighted by Gasteiger charge is -2.26. The second-order valence-electron chi connectivity index (χ2n) is 5.92. The van der Waals surface area contributed by atoms with Crippen molar-refractivity contribution in [2.45, 2.75) is 6.23 Å². The first kappa shape index (κ1) is 16.1. The molecule has 128 valence electrons. The van der Waals surface area contributed by atoms with Gasteiger partial charge in [-0.2, -0.15) is 0 Å². The van der Waals surface area contributed by atoms with Gasteiger partial charge in [0.25, 0.3) is 0 Å². The van der Waals surface area contributed by atoms with Gasteiger partial charge < -0.3 is 18.9 Å². The Kier molecular flexibility index (Phi) is 4.38. The highest BCUT2D eigenvalue weighted by atomic mass is 35.5. The zero-order valence-electron chi connectivity index (χ0n) is 13.9. The lowest BCUT2D eigenvalue weighted by Crippen LogP contribution is -2.23.